The summed E-state index contributed by atoms with van der Waals surface area (Å²) in [4.78, 5) is 10.7. The number of hydrogen-bond donors (Lipinski definition) is 1. The normalized spacial score (nSPS) is 9.73. The summed E-state index contributed by atoms with van der Waals surface area (Å²) in [5.41, 5.74) is 1.19. The molecule has 2 aliphatic rings. The smallest absolute Gasteiger partial charge is 0.153 e. The number of aromatic amines is 1. The molecule has 2 heterocycles. The first kappa shape index (κ1) is 5.86. The van der Waals surface area contributed by atoms with Crippen molar-refractivity contribution in [1.82, 2.24) is 15.0 Å². The number of nitriles is 1. The second kappa shape index (κ2) is 2.06. The summed E-state index contributed by atoms with van der Waals surface area (Å²) in [6.45, 7) is 0. The molecule has 4 heteroatoms. The summed E-state index contributed by atoms with van der Waals surface area (Å²) in [6, 6.07) is 3.75. The zero-order valence-electron chi connectivity index (χ0n) is 5.57. The van der Waals surface area contributed by atoms with Gasteiger partial charge in [0.25, 0.3) is 0 Å². The van der Waals surface area contributed by atoms with Gasteiger partial charge in [-0.25, -0.2) is 9.97 Å². The van der Waals surface area contributed by atoms with E-state index in [0.717, 1.165) is 5.56 Å². The molecule has 2 rings (SSSR count). The Bertz CT molecular complexity index is 384. The summed E-state index contributed by atoms with van der Waals surface area (Å²) >= 11 is 0. The van der Waals surface area contributed by atoms with Gasteiger partial charge in [-0.15, -0.1) is 0 Å². The third-order valence-electron chi connectivity index (χ3n) is 1.46. The molecule has 0 bridgehead atoms. The van der Waals surface area contributed by atoms with Crippen molar-refractivity contribution >= 4 is 0 Å². The van der Waals surface area contributed by atoms with Crippen LogP contribution in [-0.4, -0.2) is 15.0 Å². The topological polar surface area (TPSA) is 65.4 Å². The quantitative estimate of drug-likeness (QED) is 0.594. The molecule has 0 radical (unpaired) electrons. The van der Waals surface area contributed by atoms with Crippen molar-refractivity contribution in [3.8, 4) is 17.5 Å². The Balaban J connectivity index is 2.79. The van der Waals surface area contributed by atoms with Crippen molar-refractivity contribution in [3.05, 3.63) is 24.3 Å². The van der Waals surface area contributed by atoms with E-state index in [2.05, 4.69) is 15.0 Å². The van der Waals surface area contributed by atoms with Gasteiger partial charge in [-0.2, -0.15) is 5.26 Å². The maximum absolute atomic E-state index is 8.60. The van der Waals surface area contributed by atoms with Crippen molar-refractivity contribution in [2.45, 2.75) is 0 Å². The molecular formula is C7H4N4. The molecule has 52 valence electrons. The van der Waals surface area contributed by atoms with Gasteiger partial charge in [0.2, 0.25) is 0 Å². The fourth-order valence-electron chi connectivity index (χ4n) is 0.958. The summed E-state index contributed by atoms with van der Waals surface area (Å²) in [6.07, 6.45) is 3.11. The molecule has 0 unspecified atom stereocenters. The van der Waals surface area contributed by atoms with Crippen LogP contribution in [0, 0.1) is 11.3 Å². The van der Waals surface area contributed by atoms with Crippen LogP contribution in [-0.2, 0) is 0 Å². The molecule has 0 aromatic rings. The highest BCUT2D eigenvalue weighted by atomic mass is 14.9. The maximum Gasteiger partial charge on any atom is 0.153 e. The molecule has 2 aliphatic heterocycles. The lowest BCUT2D eigenvalue weighted by Crippen LogP contribution is -1.90. The largest absolute Gasteiger partial charge is 0.330 e. The summed E-state index contributed by atoms with van der Waals surface area (Å²) in [5.74, 6) is 0.705. The van der Waals surface area contributed by atoms with Gasteiger partial charge in [0.15, 0.2) is 5.69 Å². The van der Waals surface area contributed by atoms with Crippen molar-refractivity contribution in [1.29, 1.82) is 5.26 Å². The van der Waals surface area contributed by atoms with Crippen molar-refractivity contribution in [2.24, 2.45) is 0 Å². The Kier molecular flexibility index (Phi) is 1.10. The first-order valence-corrected chi connectivity index (χ1v) is 3.10. The second-order valence-corrected chi connectivity index (χ2v) is 2.07. The van der Waals surface area contributed by atoms with Gasteiger partial charge in [0.05, 0.1) is 11.9 Å². The van der Waals surface area contributed by atoms with E-state index in [1.54, 1.807) is 12.3 Å². The second-order valence-electron chi connectivity index (χ2n) is 2.07. The first-order valence-electron chi connectivity index (χ1n) is 3.10. The zero-order valence-corrected chi connectivity index (χ0v) is 5.57. The highest BCUT2D eigenvalue weighted by molar-refractivity contribution is 5.62. The van der Waals surface area contributed by atoms with Crippen LogP contribution in [0.15, 0.2) is 18.6 Å². The Morgan fingerprint density at radius 2 is 2.36 bits per heavy atom. The molecule has 0 saturated carbocycles. The molecule has 0 atom stereocenters. The zero-order chi connectivity index (χ0) is 7.68. The van der Waals surface area contributed by atoms with Crippen LogP contribution in [0.1, 0.15) is 5.69 Å². The minimum atomic E-state index is 0.413. The predicted molar refractivity (Wildman–Crippen MR) is 37.7 cm³/mol. The van der Waals surface area contributed by atoms with E-state index in [0.29, 0.717) is 11.5 Å². The molecule has 0 aliphatic carbocycles. The lowest BCUT2D eigenvalue weighted by molar-refractivity contribution is 1.11. The lowest BCUT2D eigenvalue weighted by atomic mass is 10.2. The minimum absolute atomic E-state index is 0.413. The number of hydrogen-bond acceptors (Lipinski definition) is 3. The van der Waals surface area contributed by atoms with E-state index in [1.165, 1.54) is 6.33 Å². The average Bonchev–Trinajstić information content (AvgIpc) is 2.50. The molecule has 0 aromatic carbocycles. The van der Waals surface area contributed by atoms with Gasteiger partial charge in [-0.1, -0.05) is 0 Å². The lowest BCUT2D eigenvalue weighted by Gasteiger charge is -1.95. The van der Waals surface area contributed by atoms with Crippen LogP contribution in [0.5, 0.6) is 0 Å². The van der Waals surface area contributed by atoms with Gasteiger partial charge >= 0.3 is 0 Å². The fraction of sp³-hybridized carbons (Fsp3) is 0. The van der Waals surface area contributed by atoms with Gasteiger partial charge in [-0.05, 0) is 6.07 Å². The monoisotopic (exact) mass is 144 g/mol. The number of aromatic nitrogens is 3. The Hall–Kier alpha value is -1.89. The Morgan fingerprint density at radius 1 is 1.45 bits per heavy atom. The van der Waals surface area contributed by atoms with Gasteiger partial charge in [0, 0.05) is 6.20 Å². The van der Waals surface area contributed by atoms with Gasteiger partial charge in [-0.3, -0.25) is 0 Å². The Morgan fingerprint density at radius 3 is 3.18 bits per heavy atom. The summed E-state index contributed by atoms with van der Waals surface area (Å²) in [5, 5.41) is 8.60. The predicted octanol–water partition coefficient (Wildman–Crippen LogP) is 0.781. The van der Waals surface area contributed by atoms with Crippen LogP contribution in [0.2, 0.25) is 0 Å². The van der Waals surface area contributed by atoms with E-state index in [-0.39, 0.29) is 0 Å². The Labute approximate surface area is 62.9 Å². The number of nitrogens with one attached hydrogen (secondary N) is 1. The fourth-order valence-corrected chi connectivity index (χ4v) is 0.958. The molecular weight excluding hydrogens is 140 g/mol. The molecule has 11 heavy (non-hydrogen) atoms. The van der Waals surface area contributed by atoms with Crippen molar-refractivity contribution in [3.63, 3.8) is 0 Å². The average molecular weight is 144 g/mol. The maximum atomic E-state index is 8.60. The number of fused-ring (bicyclic) bond motifs is 1. The van der Waals surface area contributed by atoms with E-state index >= 15 is 0 Å². The molecule has 4 nitrogen and oxygen atoms in total. The molecule has 1 N–H and O–H groups in total. The third-order valence-corrected chi connectivity index (χ3v) is 1.46. The molecule has 0 amide bonds. The van der Waals surface area contributed by atoms with Crippen molar-refractivity contribution < 1.29 is 0 Å². The summed E-state index contributed by atoms with van der Waals surface area (Å²) in [7, 11) is 0. The van der Waals surface area contributed by atoms with E-state index < -0.39 is 0 Å². The first-order chi connectivity index (χ1) is 5.42. The van der Waals surface area contributed by atoms with Crippen molar-refractivity contribution in [2.75, 3.05) is 0 Å². The number of rotatable bonds is 0. The van der Waals surface area contributed by atoms with E-state index in [9.17, 15) is 0 Å². The van der Waals surface area contributed by atoms with E-state index in [4.69, 9.17) is 5.26 Å². The molecule has 0 saturated heterocycles. The molecule has 0 fully saturated rings. The van der Waals surface area contributed by atoms with Crippen LogP contribution >= 0.6 is 0 Å². The van der Waals surface area contributed by atoms with Crippen LogP contribution < -0.4 is 0 Å². The molecule has 0 aromatic heterocycles. The number of H-pyrrole nitrogens is 1. The van der Waals surface area contributed by atoms with Gasteiger partial charge in [0.1, 0.15) is 11.9 Å². The molecule has 0 spiro atoms. The van der Waals surface area contributed by atoms with Crippen LogP contribution in [0.4, 0.5) is 0 Å². The SMILES string of the molecule is N#Cc1nc[nH]c2nccc1-2. The van der Waals surface area contributed by atoms with Gasteiger partial charge < -0.3 is 4.98 Å². The third kappa shape index (κ3) is 0.749. The highest BCUT2D eigenvalue weighted by Crippen LogP contribution is 2.18. The summed E-state index contributed by atoms with van der Waals surface area (Å²) < 4.78 is 0. The van der Waals surface area contributed by atoms with E-state index in [1.807, 2.05) is 6.07 Å². The standard InChI is InChI=1S/C7H4N4/c8-3-6-5-1-2-9-7(5)11-4-10-6/h1-2,4H,(H,9,10,11). The van der Waals surface area contributed by atoms with Crippen LogP contribution in [0.25, 0.3) is 11.4 Å². The minimum Gasteiger partial charge on any atom is -0.330 e. The number of nitrogens with zero attached hydrogens (tertiary/aromatic N) is 3. The highest BCUT2D eigenvalue weighted by Gasteiger charge is 2.08. The van der Waals surface area contributed by atoms with Crippen LogP contribution in [0.3, 0.4) is 0 Å².